The first-order valence-corrected chi connectivity index (χ1v) is 11.2. The number of nitrogens with one attached hydrogen (secondary N) is 2. The van der Waals surface area contributed by atoms with Crippen molar-refractivity contribution < 1.29 is 13.9 Å². The fraction of sp³-hybridized carbons (Fsp3) is 0.458. The quantitative estimate of drug-likeness (QED) is 0.532. The molecular weight excluding hydrogens is 409 g/mol. The summed E-state index contributed by atoms with van der Waals surface area (Å²) in [6.45, 7) is 2.07. The standard InChI is InChI=1S/C24H30FN5O2/c1-26-24(29-20-11-13-30(16-20)23(31)18-4-2-3-5-18)28-15-17-10-12-27-22(14-17)32-21-8-6-19(25)7-9-21/h6-10,12,14,18,20H,2-5,11,13,15-16H2,1H3,(H2,26,28,29). The maximum Gasteiger partial charge on any atom is 0.225 e. The molecule has 1 aromatic carbocycles. The molecule has 1 amide bonds. The first-order chi connectivity index (χ1) is 15.6. The fourth-order valence-corrected chi connectivity index (χ4v) is 4.32. The van der Waals surface area contributed by atoms with Crippen LogP contribution in [0, 0.1) is 11.7 Å². The predicted molar refractivity (Wildman–Crippen MR) is 121 cm³/mol. The number of hydrogen-bond acceptors (Lipinski definition) is 4. The molecule has 2 aliphatic rings. The molecule has 1 aromatic heterocycles. The van der Waals surface area contributed by atoms with Crippen LogP contribution in [0.15, 0.2) is 47.6 Å². The zero-order valence-electron chi connectivity index (χ0n) is 18.4. The molecule has 1 atom stereocenters. The average molecular weight is 440 g/mol. The number of nitrogens with zero attached hydrogens (tertiary/aromatic N) is 3. The summed E-state index contributed by atoms with van der Waals surface area (Å²) >= 11 is 0. The van der Waals surface area contributed by atoms with E-state index in [0.717, 1.165) is 37.9 Å². The monoisotopic (exact) mass is 439 g/mol. The van der Waals surface area contributed by atoms with Crippen LogP contribution in [0.1, 0.15) is 37.7 Å². The number of guanidine groups is 1. The smallest absolute Gasteiger partial charge is 0.225 e. The molecule has 2 fully saturated rings. The Balaban J connectivity index is 1.26. The van der Waals surface area contributed by atoms with Crippen molar-refractivity contribution in [3.63, 3.8) is 0 Å². The number of benzene rings is 1. The summed E-state index contributed by atoms with van der Waals surface area (Å²) in [7, 11) is 1.74. The molecule has 7 nitrogen and oxygen atoms in total. The summed E-state index contributed by atoms with van der Waals surface area (Å²) < 4.78 is 18.8. The Morgan fingerprint density at radius 2 is 2.00 bits per heavy atom. The number of rotatable bonds is 6. The minimum absolute atomic E-state index is 0.196. The third kappa shape index (κ3) is 5.75. The lowest BCUT2D eigenvalue weighted by Gasteiger charge is -2.21. The Kier molecular flexibility index (Phi) is 7.19. The van der Waals surface area contributed by atoms with E-state index >= 15 is 0 Å². The molecule has 4 rings (SSSR count). The highest BCUT2D eigenvalue weighted by Gasteiger charge is 2.32. The molecule has 0 radical (unpaired) electrons. The lowest BCUT2D eigenvalue weighted by Crippen LogP contribution is -2.45. The molecule has 1 unspecified atom stereocenters. The lowest BCUT2D eigenvalue weighted by atomic mass is 10.1. The number of pyridine rings is 1. The number of hydrogen-bond donors (Lipinski definition) is 2. The Labute approximate surface area is 188 Å². The van der Waals surface area contributed by atoms with Crippen molar-refractivity contribution in [2.75, 3.05) is 20.1 Å². The van der Waals surface area contributed by atoms with E-state index in [9.17, 15) is 9.18 Å². The summed E-state index contributed by atoms with van der Waals surface area (Å²) in [5.41, 5.74) is 0.976. The van der Waals surface area contributed by atoms with Crippen LogP contribution < -0.4 is 15.4 Å². The zero-order chi connectivity index (χ0) is 22.3. The van der Waals surface area contributed by atoms with Crippen LogP contribution in [-0.4, -0.2) is 47.9 Å². The normalized spacial score (nSPS) is 19.2. The number of carbonyl (C=O) groups is 1. The van der Waals surface area contributed by atoms with Crippen LogP contribution in [0.2, 0.25) is 0 Å². The van der Waals surface area contributed by atoms with Gasteiger partial charge in [-0.3, -0.25) is 9.79 Å². The Morgan fingerprint density at radius 3 is 2.75 bits per heavy atom. The summed E-state index contributed by atoms with van der Waals surface area (Å²) in [5, 5.41) is 6.75. The summed E-state index contributed by atoms with van der Waals surface area (Å²) in [4.78, 5) is 23.2. The molecule has 8 heteroatoms. The van der Waals surface area contributed by atoms with E-state index in [1.54, 1.807) is 25.4 Å². The Hall–Kier alpha value is -3.16. The van der Waals surface area contributed by atoms with Crippen LogP contribution in [0.4, 0.5) is 4.39 Å². The van der Waals surface area contributed by atoms with Crippen LogP contribution >= 0.6 is 0 Å². The molecule has 1 aliphatic carbocycles. The highest BCUT2D eigenvalue weighted by atomic mass is 19.1. The third-order valence-corrected chi connectivity index (χ3v) is 6.06. The van der Waals surface area contributed by atoms with Gasteiger partial charge in [-0.05, 0) is 55.2 Å². The van der Waals surface area contributed by atoms with Gasteiger partial charge in [-0.25, -0.2) is 9.37 Å². The first kappa shape index (κ1) is 22.0. The number of likely N-dealkylation sites (tertiary alicyclic amines) is 1. The number of ether oxygens (including phenoxy) is 1. The number of aromatic nitrogens is 1. The highest BCUT2D eigenvalue weighted by Crippen LogP contribution is 2.28. The van der Waals surface area contributed by atoms with Crippen molar-refractivity contribution >= 4 is 11.9 Å². The van der Waals surface area contributed by atoms with Crippen molar-refractivity contribution in [1.82, 2.24) is 20.5 Å². The summed E-state index contributed by atoms with van der Waals surface area (Å²) in [6, 6.07) is 9.76. The Morgan fingerprint density at radius 1 is 1.22 bits per heavy atom. The van der Waals surface area contributed by atoms with Gasteiger partial charge in [0, 0.05) is 50.9 Å². The molecule has 32 heavy (non-hydrogen) atoms. The minimum Gasteiger partial charge on any atom is -0.439 e. The predicted octanol–water partition coefficient (Wildman–Crippen LogP) is 3.47. The number of amides is 1. The Bertz CT molecular complexity index is 944. The van der Waals surface area contributed by atoms with Crippen molar-refractivity contribution in [2.45, 2.75) is 44.7 Å². The molecule has 2 heterocycles. The zero-order valence-corrected chi connectivity index (χ0v) is 18.4. The van der Waals surface area contributed by atoms with Crippen LogP contribution in [0.25, 0.3) is 0 Å². The molecule has 170 valence electrons. The largest absolute Gasteiger partial charge is 0.439 e. The molecular formula is C24H30FN5O2. The number of carbonyl (C=O) groups excluding carboxylic acids is 1. The molecule has 2 aromatic rings. The number of halogens is 1. The minimum atomic E-state index is -0.310. The van der Waals surface area contributed by atoms with Crippen molar-refractivity contribution in [1.29, 1.82) is 0 Å². The van der Waals surface area contributed by atoms with Gasteiger partial charge in [0.05, 0.1) is 0 Å². The molecule has 0 spiro atoms. The van der Waals surface area contributed by atoms with Crippen LogP contribution in [-0.2, 0) is 11.3 Å². The third-order valence-electron chi connectivity index (χ3n) is 6.06. The van der Waals surface area contributed by atoms with Gasteiger partial charge in [-0.2, -0.15) is 0 Å². The van der Waals surface area contributed by atoms with Crippen molar-refractivity contribution in [3.8, 4) is 11.6 Å². The maximum atomic E-state index is 13.1. The number of aliphatic imine (C=N–C) groups is 1. The highest BCUT2D eigenvalue weighted by molar-refractivity contribution is 5.81. The second kappa shape index (κ2) is 10.4. The van der Waals surface area contributed by atoms with Gasteiger partial charge in [-0.15, -0.1) is 0 Å². The second-order valence-electron chi connectivity index (χ2n) is 8.38. The van der Waals surface area contributed by atoms with E-state index < -0.39 is 0 Å². The molecule has 0 bridgehead atoms. The van der Waals surface area contributed by atoms with Crippen LogP contribution in [0.3, 0.4) is 0 Å². The van der Waals surface area contributed by atoms with Crippen molar-refractivity contribution in [3.05, 3.63) is 54.0 Å². The van der Waals surface area contributed by atoms with Gasteiger partial charge in [0.15, 0.2) is 5.96 Å². The van der Waals surface area contributed by atoms with E-state index in [1.165, 1.54) is 25.0 Å². The van der Waals surface area contributed by atoms with Gasteiger partial charge >= 0.3 is 0 Å². The van der Waals surface area contributed by atoms with E-state index in [-0.39, 0.29) is 17.8 Å². The summed E-state index contributed by atoms with van der Waals surface area (Å²) in [5.74, 6) is 1.90. The van der Waals surface area contributed by atoms with E-state index in [0.29, 0.717) is 30.0 Å². The molecule has 2 N–H and O–H groups in total. The van der Waals surface area contributed by atoms with Gasteiger partial charge < -0.3 is 20.3 Å². The molecule has 1 saturated heterocycles. The van der Waals surface area contributed by atoms with Crippen LogP contribution in [0.5, 0.6) is 11.6 Å². The van der Waals surface area contributed by atoms with Gasteiger partial charge in [-0.1, -0.05) is 12.8 Å². The van der Waals surface area contributed by atoms with E-state index in [4.69, 9.17) is 4.74 Å². The SMILES string of the molecule is CN=C(NCc1ccnc(Oc2ccc(F)cc2)c1)NC1CCN(C(=O)C2CCCC2)C1. The lowest BCUT2D eigenvalue weighted by molar-refractivity contribution is -0.134. The molecule has 1 saturated carbocycles. The van der Waals surface area contributed by atoms with Crippen molar-refractivity contribution in [2.24, 2.45) is 10.9 Å². The maximum absolute atomic E-state index is 13.1. The van der Waals surface area contributed by atoms with E-state index in [2.05, 4.69) is 20.6 Å². The molecule has 1 aliphatic heterocycles. The topological polar surface area (TPSA) is 78.9 Å². The van der Waals surface area contributed by atoms with Gasteiger partial charge in [0.25, 0.3) is 0 Å². The average Bonchev–Trinajstić information content (AvgIpc) is 3.51. The first-order valence-electron chi connectivity index (χ1n) is 11.2. The second-order valence-corrected chi connectivity index (χ2v) is 8.38. The van der Waals surface area contributed by atoms with Gasteiger partial charge in [0.2, 0.25) is 11.8 Å². The fourth-order valence-electron chi connectivity index (χ4n) is 4.32. The van der Waals surface area contributed by atoms with Gasteiger partial charge in [0.1, 0.15) is 11.6 Å². The summed E-state index contributed by atoms with van der Waals surface area (Å²) in [6.07, 6.45) is 7.02. The van der Waals surface area contributed by atoms with E-state index in [1.807, 2.05) is 17.0 Å².